The zero-order valence-electron chi connectivity index (χ0n) is 16.2. The third kappa shape index (κ3) is 4.51. The van der Waals surface area contributed by atoms with Crippen LogP contribution in [0.3, 0.4) is 0 Å². The van der Waals surface area contributed by atoms with Crippen LogP contribution in [0.25, 0.3) is 11.3 Å². The minimum atomic E-state index is -0.375. The van der Waals surface area contributed by atoms with Crippen LogP contribution in [-0.2, 0) is 0 Å². The number of amides is 2. The van der Waals surface area contributed by atoms with E-state index in [0.29, 0.717) is 31.9 Å². The first kappa shape index (κ1) is 18.9. The molecule has 0 aliphatic carbocycles. The van der Waals surface area contributed by atoms with Crippen LogP contribution in [0.15, 0.2) is 60.7 Å². The van der Waals surface area contributed by atoms with Gasteiger partial charge in [0, 0.05) is 37.4 Å². The number of hydrogen-bond donors (Lipinski definition) is 1. The summed E-state index contributed by atoms with van der Waals surface area (Å²) in [6.07, 6.45) is 0. The van der Waals surface area contributed by atoms with E-state index >= 15 is 0 Å². The molecule has 1 saturated heterocycles. The molecule has 0 atom stereocenters. The summed E-state index contributed by atoms with van der Waals surface area (Å²) in [7, 11) is 0. The van der Waals surface area contributed by atoms with E-state index in [0.717, 1.165) is 17.1 Å². The maximum atomic E-state index is 13.3. The van der Waals surface area contributed by atoms with Gasteiger partial charge in [0.1, 0.15) is 5.82 Å². The van der Waals surface area contributed by atoms with E-state index in [1.54, 1.807) is 17.0 Å². The molecule has 1 aliphatic rings. The SMILES string of the molecule is Cc1ccc(-c2ccc(N3CCN(C(=O)Nc4cccc(F)c4)CC3)nn2)cc1. The van der Waals surface area contributed by atoms with Gasteiger partial charge < -0.3 is 15.1 Å². The van der Waals surface area contributed by atoms with Crippen molar-refractivity contribution in [3.05, 3.63) is 72.0 Å². The summed E-state index contributed by atoms with van der Waals surface area (Å²) in [6.45, 7) is 4.49. The lowest BCUT2D eigenvalue weighted by molar-refractivity contribution is 0.208. The van der Waals surface area contributed by atoms with Gasteiger partial charge in [0.25, 0.3) is 0 Å². The van der Waals surface area contributed by atoms with Gasteiger partial charge in [0.05, 0.1) is 5.69 Å². The Morgan fingerprint density at radius 3 is 2.38 bits per heavy atom. The minimum absolute atomic E-state index is 0.226. The van der Waals surface area contributed by atoms with Crippen LogP contribution in [0.2, 0.25) is 0 Å². The normalized spacial score (nSPS) is 14.0. The lowest BCUT2D eigenvalue weighted by atomic mass is 10.1. The number of hydrogen-bond acceptors (Lipinski definition) is 4. The van der Waals surface area contributed by atoms with Crippen molar-refractivity contribution < 1.29 is 9.18 Å². The second-order valence-electron chi connectivity index (χ2n) is 7.06. The summed E-state index contributed by atoms with van der Waals surface area (Å²) in [5.74, 6) is 0.423. The van der Waals surface area contributed by atoms with E-state index in [1.807, 2.05) is 24.3 Å². The van der Waals surface area contributed by atoms with Gasteiger partial charge in [-0.1, -0.05) is 35.9 Å². The topological polar surface area (TPSA) is 61.4 Å². The van der Waals surface area contributed by atoms with Crippen LogP contribution >= 0.6 is 0 Å². The van der Waals surface area contributed by atoms with Gasteiger partial charge in [-0.15, -0.1) is 10.2 Å². The molecular weight excluding hydrogens is 369 g/mol. The second-order valence-corrected chi connectivity index (χ2v) is 7.06. The highest BCUT2D eigenvalue weighted by atomic mass is 19.1. The van der Waals surface area contributed by atoms with Crippen molar-refractivity contribution in [3.8, 4) is 11.3 Å². The molecule has 29 heavy (non-hydrogen) atoms. The number of carbonyl (C=O) groups is 1. The number of benzene rings is 2. The molecule has 0 radical (unpaired) electrons. The molecule has 148 valence electrons. The molecule has 0 bridgehead atoms. The Hall–Kier alpha value is -3.48. The first-order valence-electron chi connectivity index (χ1n) is 9.56. The maximum absolute atomic E-state index is 13.3. The molecule has 1 fully saturated rings. The Bertz CT molecular complexity index is 983. The summed E-state index contributed by atoms with van der Waals surface area (Å²) >= 11 is 0. The number of halogens is 1. The summed E-state index contributed by atoms with van der Waals surface area (Å²) in [6, 6.07) is 17.8. The highest BCUT2D eigenvalue weighted by molar-refractivity contribution is 5.89. The Balaban J connectivity index is 1.34. The zero-order valence-corrected chi connectivity index (χ0v) is 16.2. The van der Waals surface area contributed by atoms with Crippen molar-refractivity contribution >= 4 is 17.5 Å². The van der Waals surface area contributed by atoms with Crippen LogP contribution in [0, 0.1) is 12.7 Å². The van der Waals surface area contributed by atoms with Gasteiger partial charge in [0.2, 0.25) is 0 Å². The highest BCUT2D eigenvalue weighted by Crippen LogP contribution is 2.20. The highest BCUT2D eigenvalue weighted by Gasteiger charge is 2.22. The van der Waals surface area contributed by atoms with Gasteiger partial charge in [-0.3, -0.25) is 0 Å². The van der Waals surface area contributed by atoms with Crippen molar-refractivity contribution in [2.24, 2.45) is 0 Å². The van der Waals surface area contributed by atoms with Crippen LogP contribution in [0.5, 0.6) is 0 Å². The van der Waals surface area contributed by atoms with Crippen molar-refractivity contribution in [1.82, 2.24) is 15.1 Å². The molecule has 0 unspecified atom stereocenters. The van der Waals surface area contributed by atoms with Gasteiger partial charge in [-0.2, -0.15) is 0 Å². The summed E-state index contributed by atoms with van der Waals surface area (Å²) in [4.78, 5) is 16.2. The number of rotatable bonds is 3. The summed E-state index contributed by atoms with van der Waals surface area (Å²) in [5, 5.41) is 11.5. The number of nitrogens with zero attached hydrogens (tertiary/aromatic N) is 4. The third-order valence-electron chi connectivity index (χ3n) is 4.96. The fourth-order valence-corrected chi connectivity index (χ4v) is 3.28. The van der Waals surface area contributed by atoms with E-state index < -0.39 is 0 Å². The molecule has 0 saturated carbocycles. The third-order valence-corrected chi connectivity index (χ3v) is 4.96. The van der Waals surface area contributed by atoms with Crippen LogP contribution < -0.4 is 10.2 Å². The molecule has 6 nitrogen and oxygen atoms in total. The Labute approximate surface area is 169 Å². The standard InChI is InChI=1S/C22H22FN5O/c1-16-5-7-17(8-6-16)20-9-10-21(26-25-20)27-11-13-28(14-12-27)22(29)24-19-4-2-3-18(23)15-19/h2-10,15H,11-14H2,1H3,(H,24,29). The Kier molecular flexibility index (Phi) is 5.37. The molecule has 1 N–H and O–H groups in total. The molecule has 0 spiro atoms. The van der Waals surface area contributed by atoms with Crippen LogP contribution in [-0.4, -0.2) is 47.3 Å². The van der Waals surface area contributed by atoms with Crippen molar-refractivity contribution in [2.45, 2.75) is 6.92 Å². The lowest BCUT2D eigenvalue weighted by Gasteiger charge is -2.35. The molecule has 1 aromatic heterocycles. The van der Waals surface area contributed by atoms with E-state index in [4.69, 9.17) is 0 Å². The van der Waals surface area contributed by atoms with Crippen LogP contribution in [0.4, 0.5) is 20.7 Å². The molecule has 3 aromatic rings. The number of aryl methyl sites for hydroxylation is 1. The number of anilines is 2. The quantitative estimate of drug-likeness (QED) is 0.735. The fraction of sp³-hybridized carbons (Fsp3) is 0.227. The summed E-state index contributed by atoms with van der Waals surface area (Å²) in [5.41, 5.74) is 3.53. The number of nitrogens with one attached hydrogen (secondary N) is 1. The van der Waals surface area contributed by atoms with E-state index in [1.165, 1.54) is 17.7 Å². The average Bonchev–Trinajstić information content (AvgIpc) is 2.75. The smallest absolute Gasteiger partial charge is 0.321 e. The van der Waals surface area contributed by atoms with Gasteiger partial charge in [0.15, 0.2) is 5.82 Å². The monoisotopic (exact) mass is 391 g/mol. The van der Waals surface area contributed by atoms with E-state index in [-0.39, 0.29) is 11.8 Å². The Morgan fingerprint density at radius 1 is 0.966 bits per heavy atom. The number of aromatic nitrogens is 2. The molecule has 4 rings (SSSR count). The van der Waals surface area contributed by atoms with Crippen molar-refractivity contribution in [1.29, 1.82) is 0 Å². The van der Waals surface area contributed by atoms with Gasteiger partial charge >= 0.3 is 6.03 Å². The predicted octanol–water partition coefficient (Wildman–Crippen LogP) is 3.95. The second kappa shape index (κ2) is 8.26. The molecule has 7 heteroatoms. The van der Waals surface area contributed by atoms with Crippen LogP contribution in [0.1, 0.15) is 5.56 Å². The lowest BCUT2D eigenvalue weighted by Crippen LogP contribution is -2.50. The van der Waals surface area contributed by atoms with Gasteiger partial charge in [-0.05, 0) is 37.3 Å². The average molecular weight is 391 g/mol. The first-order valence-corrected chi connectivity index (χ1v) is 9.56. The predicted molar refractivity (Wildman–Crippen MR) is 111 cm³/mol. The molecule has 2 heterocycles. The minimum Gasteiger partial charge on any atom is -0.352 e. The fourth-order valence-electron chi connectivity index (χ4n) is 3.28. The molecule has 2 amide bonds. The molecular formula is C22H22FN5O. The number of urea groups is 1. The molecule has 1 aliphatic heterocycles. The zero-order chi connectivity index (χ0) is 20.2. The number of piperazine rings is 1. The largest absolute Gasteiger partial charge is 0.352 e. The van der Waals surface area contributed by atoms with E-state index in [2.05, 4.69) is 39.5 Å². The number of carbonyl (C=O) groups excluding carboxylic acids is 1. The first-order chi connectivity index (χ1) is 14.1. The van der Waals surface area contributed by atoms with Crippen molar-refractivity contribution in [2.75, 3.05) is 36.4 Å². The Morgan fingerprint density at radius 2 is 1.72 bits per heavy atom. The maximum Gasteiger partial charge on any atom is 0.321 e. The van der Waals surface area contributed by atoms with Gasteiger partial charge in [-0.25, -0.2) is 9.18 Å². The summed E-state index contributed by atoms with van der Waals surface area (Å²) < 4.78 is 13.3. The van der Waals surface area contributed by atoms with E-state index in [9.17, 15) is 9.18 Å². The van der Waals surface area contributed by atoms with Crippen molar-refractivity contribution in [3.63, 3.8) is 0 Å². The molecule has 2 aromatic carbocycles.